The van der Waals surface area contributed by atoms with E-state index in [1.54, 1.807) is 18.2 Å². The Balaban J connectivity index is 1.27. The first kappa shape index (κ1) is 20.2. The van der Waals surface area contributed by atoms with Crippen LogP contribution in [-0.2, 0) is 14.3 Å². The monoisotopic (exact) mass is 457 g/mol. The van der Waals surface area contributed by atoms with Crippen molar-refractivity contribution in [3.63, 3.8) is 0 Å². The maximum absolute atomic E-state index is 13.5. The minimum atomic E-state index is -0.533. The van der Waals surface area contributed by atoms with Crippen molar-refractivity contribution in [2.45, 2.75) is 11.8 Å². The molecule has 0 saturated carbocycles. The van der Waals surface area contributed by atoms with Gasteiger partial charge in [-0.1, -0.05) is 66.2 Å². The Kier molecular flexibility index (Phi) is 4.63. The van der Waals surface area contributed by atoms with Gasteiger partial charge in [0.15, 0.2) is 0 Å². The van der Waals surface area contributed by atoms with Crippen LogP contribution in [0.4, 0.5) is 0 Å². The van der Waals surface area contributed by atoms with E-state index in [-0.39, 0.29) is 36.8 Å². The van der Waals surface area contributed by atoms with E-state index in [1.165, 1.54) is 11.0 Å². The van der Waals surface area contributed by atoms with Crippen molar-refractivity contribution in [2.75, 3.05) is 13.2 Å². The van der Waals surface area contributed by atoms with E-state index in [9.17, 15) is 14.4 Å². The lowest BCUT2D eigenvalue weighted by molar-refractivity contribution is -0.140. The first-order chi connectivity index (χ1) is 16.1. The van der Waals surface area contributed by atoms with Crippen LogP contribution in [0.1, 0.15) is 44.4 Å². The molecule has 1 saturated heterocycles. The van der Waals surface area contributed by atoms with Gasteiger partial charge in [-0.3, -0.25) is 14.5 Å². The van der Waals surface area contributed by atoms with Crippen LogP contribution in [0, 0.1) is 11.8 Å². The molecule has 4 aliphatic rings. The molecule has 0 aromatic heterocycles. The lowest BCUT2D eigenvalue weighted by Crippen LogP contribution is -2.41. The van der Waals surface area contributed by atoms with Crippen molar-refractivity contribution in [1.82, 2.24) is 4.90 Å². The fourth-order valence-electron chi connectivity index (χ4n) is 5.89. The number of esters is 1. The quantitative estimate of drug-likeness (QED) is 0.430. The SMILES string of the molecule is O=C(OCCN1C(=O)[C@H]2C3c4ccccc4C(c4ccccc43)[C@@H]2C1=O)c1cccc(Cl)c1. The molecule has 2 amide bonds. The fraction of sp³-hybridized carbons (Fsp3) is 0.222. The molecule has 7 rings (SSSR count). The molecule has 2 bridgehead atoms. The van der Waals surface area contributed by atoms with Crippen LogP contribution in [0.2, 0.25) is 5.02 Å². The Bertz CT molecular complexity index is 1200. The molecule has 2 atom stereocenters. The molecule has 33 heavy (non-hydrogen) atoms. The van der Waals surface area contributed by atoms with Crippen molar-refractivity contribution in [1.29, 1.82) is 0 Å². The van der Waals surface area contributed by atoms with Crippen molar-refractivity contribution in [3.05, 3.63) is 106 Å². The molecule has 1 fully saturated rings. The first-order valence-electron chi connectivity index (χ1n) is 11.0. The maximum atomic E-state index is 13.5. The van der Waals surface area contributed by atoms with Gasteiger partial charge in [0.1, 0.15) is 6.61 Å². The topological polar surface area (TPSA) is 63.7 Å². The number of rotatable bonds is 4. The van der Waals surface area contributed by atoms with Gasteiger partial charge < -0.3 is 4.74 Å². The Morgan fingerprint density at radius 2 is 1.30 bits per heavy atom. The van der Waals surface area contributed by atoms with Crippen molar-refractivity contribution < 1.29 is 19.1 Å². The predicted octanol–water partition coefficient (Wildman–Crippen LogP) is 4.39. The van der Waals surface area contributed by atoms with Gasteiger partial charge in [0.05, 0.1) is 23.9 Å². The normalized spacial score (nSPS) is 24.3. The summed E-state index contributed by atoms with van der Waals surface area (Å²) in [6.07, 6.45) is 0. The number of likely N-dealkylation sites (tertiary alicyclic amines) is 1. The summed E-state index contributed by atoms with van der Waals surface area (Å²) in [5.41, 5.74) is 4.88. The van der Waals surface area contributed by atoms with E-state index in [1.807, 2.05) is 24.3 Å². The Labute approximate surface area is 195 Å². The average molecular weight is 458 g/mol. The van der Waals surface area contributed by atoms with E-state index in [4.69, 9.17) is 16.3 Å². The van der Waals surface area contributed by atoms with Crippen LogP contribution in [0.3, 0.4) is 0 Å². The maximum Gasteiger partial charge on any atom is 0.338 e. The van der Waals surface area contributed by atoms with Gasteiger partial charge in [-0.15, -0.1) is 0 Å². The number of halogens is 1. The molecule has 1 heterocycles. The van der Waals surface area contributed by atoms with Crippen LogP contribution < -0.4 is 0 Å². The molecule has 1 aliphatic heterocycles. The molecule has 0 spiro atoms. The van der Waals surface area contributed by atoms with Gasteiger partial charge >= 0.3 is 5.97 Å². The molecular weight excluding hydrogens is 438 g/mol. The Morgan fingerprint density at radius 3 is 1.79 bits per heavy atom. The lowest BCUT2D eigenvalue weighted by Gasteiger charge is -2.45. The van der Waals surface area contributed by atoms with Gasteiger partial charge in [-0.2, -0.15) is 0 Å². The molecule has 6 heteroatoms. The molecule has 164 valence electrons. The number of hydrogen-bond donors (Lipinski definition) is 0. The molecule has 3 aromatic rings. The zero-order chi connectivity index (χ0) is 22.7. The summed E-state index contributed by atoms with van der Waals surface area (Å²) in [5.74, 6) is -2.00. The second kappa shape index (κ2) is 7.56. The second-order valence-corrected chi connectivity index (χ2v) is 9.18. The van der Waals surface area contributed by atoms with E-state index in [0.29, 0.717) is 10.6 Å². The fourth-order valence-corrected chi connectivity index (χ4v) is 6.08. The van der Waals surface area contributed by atoms with Crippen LogP contribution in [-0.4, -0.2) is 35.8 Å². The number of carbonyl (C=O) groups is 3. The number of nitrogens with zero attached hydrogens (tertiary/aromatic N) is 1. The zero-order valence-corrected chi connectivity index (χ0v) is 18.4. The van der Waals surface area contributed by atoms with E-state index in [2.05, 4.69) is 24.3 Å². The van der Waals surface area contributed by atoms with Gasteiger partial charge in [0.2, 0.25) is 11.8 Å². The number of benzene rings is 3. The molecular formula is C27H20ClNO4. The Hall–Kier alpha value is -3.44. The predicted molar refractivity (Wildman–Crippen MR) is 122 cm³/mol. The Morgan fingerprint density at radius 1 is 0.788 bits per heavy atom. The largest absolute Gasteiger partial charge is 0.460 e. The lowest BCUT2D eigenvalue weighted by atomic mass is 9.55. The van der Waals surface area contributed by atoms with Crippen molar-refractivity contribution >= 4 is 29.4 Å². The third-order valence-electron chi connectivity index (χ3n) is 7.15. The van der Waals surface area contributed by atoms with Crippen LogP contribution in [0.15, 0.2) is 72.8 Å². The highest BCUT2D eigenvalue weighted by molar-refractivity contribution is 6.30. The third-order valence-corrected chi connectivity index (χ3v) is 7.38. The summed E-state index contributed by atoms with van der Waals surface area (Å²) >= 11 is 5.94. The number of imide groups is 1. The second-order valence-electron chi connectivity index (χ2n) is 8.74. The number of carbonyl (C=O) groups excluding carboxylic acids is 3. The summed E-state index contributed by atoms with van der Waals surface area (Å²) < 4.78 is 5.34. The van der Waals surface area contributed by atoms with Crippen LogP contribution in [0.5, 0.6) is 0 Å². The molecule has 5 nitrogen and oxygen atoms in total. The molecule has 0 radical (unpaired) electrons. The van der Waals surface area contributed by atoms with Crippen molar-refractivity contribution in [2.24, 2.45) is 11.8 Å². The molecule has 0 unspecified atom stereocenters. The van der Waals surface area contributed by atoms with E-state index >= 15 is 0 Å². The minimum Gasteiger partial charge on any atom is -0.460 e. The number of amides is 2. The van der Waals surface area contributed by atoms with Gasteiger partial charge in [-0.05, 0) is 40.5 Å². The molecule has 0 N–H and O–H groups in total. The summed E-state index contributed by atoms with van der Waals surface area (Å²) in [7, 11) is 0. The minimum absolute atomic E-state index is 0.0447. The smallest absolute Gasteiger partial charge is 0.338 e. The summed E-state index contributed by atoms with van der Waals surface area (Å²) in [4.78, 5) is 40.6. The van der Waals surface area contributed by atoms with Gasteiger partial charge in [-0.25, -0.2) is 4.79 Å². The van der Waals surface area contributed by atoms with Gasteiger partial charge in [0.25, 0.3) is 0 Å². The number of ether oxygens (including phenoxy) is 1. The number of hydrogen-bond acceptors (Lipinski definition) is 4. The summed E-state index contributed by atoms with van der Waals surface area (Å²) in [6.45, 7) is -0.0133. The highest BCUT2D eigenvalue weighted by Crippen LogP contribution is 2.60. The zero-order valence-electron chi connectivity index (χ0n) is 17.6. The average Bonchev–Trinajstić information content (AvgIpc) is 3.09. The van der Waals surface area contributed by atoms with Crippen molar-refractivity contribution in [3.8, 4) is 0 Å². The summed E-state index contributed by atoms with van der Waals surface area (Å²) in [5, 5.41) is 0.438. The van der Waals surface area contributed by atoms with Crippen LogP contribution in [0.25, 0.3) is 0 Å². The third kappa shape index (κ3) is 2.96. The molecule has 3 aliphatic carbocycles. The van der Waals surface area contributed by atoms with Crippen LogP contribution >= 0.6 is 11.6 Å². The van der Waals surface area contributed by atoms with E-state index < -0.39 is 17.8 Å². The summed E-state index contributed by atoms with van der Waals surface area (Å²) in [6, 6.07) is 22.7. The van der Waals surface area contributed by atoms with E-state index in [0.717, 1.165) is 22.3 Å². The molecule has 3 aromatic carbocycles. The first-order valence-corrected chi connectivity index (χ1v) is 11.4. The standard InChI is InChI=1S/C27H20ClNO4/c28-16-7-5-6-15(14-16)27(32)33-13-12-29-25(30)23-21-17-8-1-2-9-18(17)22(24(23)26(29)31)20-11-4-3-10-19(20)21/h1-11,14,21-24H,12-13H2/t21?,22?,23-,24-/m0/s1. The van der Waals surface area contributed by atoms with Gasteiger partial charge in [0, 0.05) is 16.9 Å². The highest BCUT2D eigenvalue weighted by Gasteiger charge is 2.61. The highest BCUT2D eigenvalue weighted by atomic mass is 35.5.